The van der Waals surface area contributed by atoms with Gasteiger partial charge >= 0.3 is 0 Å². The maximum Gasteiger partial charge on any atom is 0.273 e. The van der Waals surface area contributed by atoms with E-state index in [0.717, 1.165) is 23.3 Å². The largest absolute Gasteiger partial charge is 0.337 e. The number of nitrogens with zero attached hydrogens (tertiary/aromatic N) is 4. The number of halogens is 2. The van der Waals surface area contributed by atoms with Crippen molar-refractivity contribution in [1.82, 2.24) is 20.0 Å². The number of pyridine rings is 1. The van der Waals surface area contributed by atoms with E-state index in [-0.39, 0.29) is 17.5 Å². The van der Waals surface area contributed by atoms with Crippen LogP contribution in [0.3, 0.4) is 0 Å². The molecule has 1 aliphatic carbocycles. The molecule has 8 heteroatoms. The van der Waals surface area contributed by atoms with Gasteiger partial charge in [-0.1, -0.05) is 11.2 Å². The minimum atomic E-state index is -2.99. The summed E-state index contributed by atoms with van der Waals surface area (Å²) in [6.45, 7) is 1.17. The quantitative estimate of drug-likeness (QED) is 0.863. The number of likely N-dealkylation sites (tertiary alicyclic amines) is 1. The minimum Gasteiger partial charge on any atom is -0.337 e. The number of carbonyl (C=O) groups is 1. The van der Waals surface area contributed by atoms with E-state index in [2.05, 4.69) is 15.1 Å². The van der Waals surface area contributed by atoms with Crippen molar-refractivity contribution in [3.63, 3.8) is 0 Å². The van der Waals surface area contributed by atoms with E-state index in [1.165, 1.54) is 12.3 Å². The summed E-state index contributed by atoms with van der Waals surface area (Å²) >= 11 is 0. The van der Waals surface area contributed by atoms with E-state index in [1.54, 1.807) is 6.07 Å². The Hall–Kier alpha value is -2.38. The molecule has 0 bridgehead atoms. The lowest BCUT2D eigenvalue weighted by Crippen LogP contribution is -2.33. The Labute approximate surface area is 136 Å². The van der Waals surface area contributed by atoms with E-state index in [1.807, 2.05) is 6.92 Å². The highest BCUT2D eigenvalue weighted by Crippen LogP contribution is 2.43. The average molecular weight is 334 g/mol. The molecule has 2 fully saturated rings. The summed E-state index contributed by atoms with van der Waals surface area (Å²) in [4.78, 5) is 22.0. The first-order chi connectivity index (χ1) is 11.4. The van der Waals surface area contributed by atoms with Gasteiger partial charge < -0.3 is 9.42 Å². The molecule has 3 heterocycles. The van der Waals surface area contributed by atoms with Gasteiger partial charge in [-0.2, -0.15) is 4.98 Å². The van der Waals surface area contributed by atoms with Gasteiger partial charge in [0.05, 0.1) is 6.54 Å². The highest BCUT2D eigenvalue weighted by atomic mass is 19.3. The fraction of sp³-hybridized carbons (Fsp3) is 0.500. The number of aryl methyl sites for hydroxylation is 1. The third kappa shape index (κ3) is 2.76. The van der Waals surface area contributed by atoms with E-state index in [4.69, 9.17) is 4.52 Å². The number of aromatic nitrogens is 3. The van der Waals surface area contributed by atoms with Crippen LogP contribution < -0.4 is 0 Å². The first kappa shape index (κ1) is 15.2. The molecule has 0 N–H and O–H groups in total. The zero-order valence-electron chi connectivity index (χ0n) is 13.1. The second-order valence-electron chi connectivity index (χ2n) is 6.49. The number of rotatable bonds is 3. The third-order valence-corrected chi connectivity index (χ3v) is 4.35. The molecule has 1 amide bonds. The van der Waals surface area contributed by atoms with Crippen molar-refractivity contribution in [2.75, 3.05) is 6.54 Å². The van der Waals surface area contributed by atoms with Crippen molar-refractivity contribution in [3.8, 4) is 0 Å². The molecule has 1 aliphatic heterocycles. The maximum absolute atomic E-state index is 13.9. The lowest BCUT2D eigenvalue weighted by atomic mass is 10.2. The van der Waals surface area contributed by atoms with Crippen LogP contribution in [0.1, 0.15) is 59.0 Å². The van der Waals surface area contributed by atoms with Crippen molar-refractivity contribution in [1.29, 1.82) is 0 Å². The van der Waals surface area contributed by atoms with E-state index in [9.17, 15) is 13.6 Å². The van der Waals surface area contributed by atoms with Crippen LogP contribution in [0.15, 0.2) is 22.9 Å². The first-order valence-electron chi connectivity index (χ1n) is 7.88. The van der Waals surface area contributed by atoms with Crippen LogP contribution in [0, 0.1) is 6.92 Å². The van der Waals surface area contributed by atoms with Gasteiger partial charge in [0.2, 0.25) is 5.89 Å². The summed E-state index contributed by atoms with van der Waals surface area (Å²) in [5.74, 6) is -2.66. The molecule has 1 saturated heterocycles. The zero-order valence-corrected chi connectivity index (χ0v) is 13.1. The summed E-state index contributed by atoms with van der Waals surface area (Å²) in [7, 11) is 0. The van der Waals surface area contributed by atoms with Crippen LogP contribution in [-0.2, 0) is 0 Å². The van der Waals surface area contributed by atoms with Crippen molar-refractivity contribution in [2.24, 2.45) is 0 Å². The second-order valence-corrected chi connectivity index (χ2v) is 6.49. The Bertz CT molecular complexity index is 771. The molecule has 2 aromatic rings. The van der Waals surface area contributed by atoms with Crippen LogP contribution in [0.25, 0.3) is 0 Å². The molecule has 2 aliphatic rings. The maximum atomic E-state index is 13.9. The number of hydrogen-bond acceptors (Lipinski definition) is 5. The van der Waals surface area contributed by atoms with Crippen LogP contribution in [0.2, 0.25) is 0 Å². The van der Waals surface area contributed by atoms with Gasteiger partial charge in [0.25, 0.3) is 11.8 Å². The van der Waals surface area contributed by atoms with Gasteiger partial charge in [-0.15, -0.1) is 0 Å². The summed E-state index contributed by atoms with van der Waals surface area (Å²) in [5.41, 5.74) is 1.02. The van der Waals surface area contributed by atoms with Crippen LogP contribution in [0.4, 0.5) is 8.78 Å². The van der Waals surface area contributed by atoms with Crippen LogP contribution in [-0.4, -0.2) is 38.4 Å². The Balaban J connectivity index is 1.63. The predicted octanol–water partition coefficient (Wildman–Crippen LogP) is 2.87. The summed E-state index contributed by atoms with van der Waals surface area (Å²) in [6, 6.07) is 2.34. The number of alkyl halides is 2. The Morgan fingerprint density at radius 3 is 2.83 bits per heavy atom. The highest BCUT2D eigenvalue weighted by molar-refractivity contribution is 5.92. The van der Waals surface area contributed by atoms with E-state index < -0.39 is 30.8 Å². The molecular formula is C16H16F2N4O2. The molecule has 6 nitrogen and oxygen atoms in total. The van der Waals surface area contributed by atoms with Gasteiger partial charge in [0, 0.05) is 18.5 Å². The number of hydrogen-bond donors (Lipinski definition) is 0. The summed E-state index contributed by atoms with van der Waals surface area (Å²) < 4.78 is 33.1. The van der Waals surface area contributed by atoms with Crippen molar-refractivity contribution >= 4 is 5.91 Å². The van der Waals surface area contributed by atoms with Crippen LogP contribution >= 0.6 is 0 Å². The van der Waals surface area contributed by atoms with Gasteiger partial charge in [0.1, 0.15) is 11.7 Å². The molecule has 24 heavy (non-hydrogen) atoms. The van der Waals surface area contributed by atoms with Gasteiger partial charge in [0.15, 0.2) is 5.82 Å². The summed E-state index contributed by atoms with van der Waals surface area (Å²) in [5, 5.41) is 3.86. The predicted molar refractivity (Wildman–Crippen MR) is 78.6 cm³/mol. The lowest BCUT2D eigenvalue weighted by molar-refractivity contribution is 0.0116. The third-order valence-electron chi connectivity index (χ3n) is 4.35. The van der Waals surface area contributed by atoms with E-state index in [0.29, 0.717) is 5.82 Å². The minimum absolute atomic E-state index is 0.0783. The standard InChI is InChI=1S/C16H16F2N4O2/c1-9-2-5-11(19-7-9)15(23)22-8-16(17,18)6-12(22)14-20-13(21-24-14)10-3-4-10/h2,5,7,10,12H,3-4,6,8H2,1H3/t12-/m0/s1. The lowest BCUT2D eigenvalue weighted by Gasteiger charge is -2.20. The molecular weight excluding hydrogens is 318 g/mol. The Kier molecular flexibility index (Phi) is 3.36. The average Bonchev–Trinajstić information content (AvgIpc) is 3.18. The molecule has 126 valence electrons. The Morgan fingerprint density at radius 2 is 2.17 bits per heavy atom. The van der Waals surface area contributed by atoms with Crippen molar-refractivity contribution in [2.45, 2.75) is 44.1 Å². The van der Waals surface area contributed by atoms with Gasteiger partial charge in [-0.3, -0.25) is 9.78 Å². The fourth-order valence-corrected chi connectivity index (χ4v) is 2.88. The smallest absolute Gasteiger partial charge is 0.273 e. The molecule has 0 radical (unpaired) electrons. The topological polar surface area (TPSA) is 72.1 Å². The van der Waals surface area contributed by atoms with Crippen molar-refractivity contribution in [3.05, 3.63) is 41.3 Å². The SMILES string of the molecule is Cc1ccc(C(=O)N2CC(F)(F)C[C@H]2c2nc(C3CC3)no2)nc1. The first-order valence-corrected chi connectivity index (χ1v) is 7.88. The second kappa shape index (κ2) is 5.32. The zero-order chi connectivity index (χ0) is 16.9. The molecule has 2 aromatic heterocycles. The van der Waals surface area contributed by atoms with Crippen molar-refractivity contribution < 1.29 is 18.1 Å². The van der Waals surface area contributed by atoms with E-state index >= 15 is 0 Å². The molecule has 1 saturated carbocycles. The number of amides is 1. The molecule has 0 unspecified atom stereocenters. The summed E-state index contributed by atoms with van der Waals surface area (Å²) in [6.07, 6.45) is 2.98. The van der Waals surface area contributed by atoms with Gasteiger partial charge in [-0.25, -0.2) is 8.78 Å². The normalized spacial score (nSPS) is 22.8. The fourth-order valence-electron chi connectivity index (χ4n) is 2.88. The monoisotopic (exact) mass is 334 g/mol. The molecule has 0 spiro atoms. The Morgan fingerprint density at radius 1 is 1.38 bits per heavy atom. The molecule has 0 aromatic carbocycles. The van der Waals surface area contributed by atoms with Crippen LogP contribution in [0.5, 0.6) is 0 Å². The van der Waals surface area contributed by atoms with Gasteiger partial charge in [-0.05, 0) is 31.4 Å². The number of carbonyl (C=O) groups excluding carboxylic acids is 1. The highest BCUT2D eigenvalue weighted by Gasteiger charge is 2.50. The molecule has 1 atom stereocenters. The molecule has 4 rings (SSSR count).